The second-order valence-electron chi connectivity index (χ2n) is 10.5. The number of carbonyl (C=O) groups is 1. The smallest absolute Gasteiger partial charge is 0.399 e. The van der Waals surface area contributed by atoms with E-state index in [1.165, 1.54) is 17.4 Å². The molecule has 0 spiro atoms. The summed E-state index contributed by atoms with van der Waals surface area (Å²) in [4.78, 5) is 13.6. The summed E-state index contributed by atoms with van der Waals surface area (Å²) in [5.74, 6) is -0.000425. The summed E-state index contributed by atoms with van der Waals surface area (Å²) in [6.07, 6.45) is -2.14. The number of anilines is 2. The van der Waals surface area contributed by atoms with E-state index in [1.54, 1.807) is 37.3 Å². The molecule has 0 saturated heterocycles. The Labute approximate surface area is 237 Å². The molecule has 1 aliphatic rings. The van der Waals surface area contributed by atoms with Gasteiger partial charge in [-0.05, 0) is 90.9 Å². The Morgan fingerprint density at radius 3 is 2.37 bits per heavy atom. The third-order valence-corrected chi connectivity index (χ3v) is 7.41. The Bertz CT molecular complexity index is 1540. The Kier molecular flexibility index (Phi) is 8.19. The lowest BCUT2D eigenvalue weighted by Crippen LogP contribution is -2.25. The number of amides is 1. The van der Waals surface area contributed by atoms with Crippen LogP contribution in [0.1, 0.15) is 64.2 Å². The maximum atomic E-state index is 14.1. The molecule has 1 aliphatic carbocycles. The Morgan fingerprint density at radius 1 is 1.00 bits per heavy atom. The lowest BCUT2D eigenvalue weighted by molar-refractivity contribution is -0.138. The van der Waals surface area contributed by atoms with Gasteiger partial charge in [0.15, 0.2) is 0 Å². The van der Waals surface area contributed by atoms with Crippen LogP contribution in [0.5, 0.6) is 0 Å². The second-order valence-corrected chi connectivity index (χ2v) is 10.5. The zero-order valence-electron chi connectivity index (χ0n) is 22.8. The monoisotopic (exact) mass is 561 g/mol. The molecule has 6 N–H and O–H groups in total. The number of halogens is 3. The van der Waals surface area contributed by atoms with Crippen molar-refractivity contribution in [1.82, 2.24) is 9.88 Å². The van der Waals surface area contributed by atoms with Gasteiger partial charge in [0.25, 0.3) is 5.91 Å². The fraction of sp³-hybridized carbons (Fsp3) is 0.281. The maximum Gasteiger partial charge on any atom is 0.418 e. The highest BCUT2D eigenvalue weighted by molar-refractivity contribution is 6.04. The number of hydrogen-bond donors (Lipinski definition) is 4. The molecular formula is C32H34F3N5O. The van der Waals surface area contributed by atoms with Crippen LogP contribution in [0.2, 0.25) is 0 Å². The van der Waals surface area contributed by atoms with E-state index in [2.05, 4.69) is 10.6 Å². The van der Waals surface area contributed by atoms with E-state index in [4.69, 9.17) is 11.5 Å². The molecule has 1 amide bonds. The summed E-state index contributed by atoms with van der Waals surface area (Å²) in [5, 5.41) is 6.47. The van der Waals surface area contributed by atoms with E-state index in [0.29, 0.717) is 23.0 Å². The number of rotatable bonds is 10. The number of benzene rings is 3. The van der Waals surface area contributed by atoms with Crippen LogP contribution < -0.4 is 22.1 Å². The molecule has 9 heteroatoms. The van der Waals surface area contributed by atoms with Crippen molar-refractivity contribution in [1.29, 1.82) is 0 Å². The van der Waals surface area contributed by atoms with Crippen LogP contribution in [0.3, 0.4) is 0 Å². The highest BCUT2D eigenvalue weighted by Crippen LogP contribution is 2.37. The van der Waals surface area contributed by atoms with Crippen LogP contribution in [-0.4, -0.2) is 17.0 Å². The normalized spacial score (nSPS) is 14.2. The van der Waals surface area contributed by atoms with Crippen molar-refractivity contribution in [3.05, 3.63) is 113 Å². The molecule has 5 rings (SSSR count). The quantitative estimate of drug-likeness (QED) is 0.168. The fourth-order valence-corrected chi connectivity index (χ4v) is 5.19. The first-order valence-corrected chi connectivity index (χ1v) is 13.8. The fourth-order valence-electron chi connectivity index (χ4n) is 5.19. The molecule has 1 atom stereocenters. The molecule has 41 heavy (non-hydrogen) atoms. The first-order valence-electron chi connectivity index (χ1n) is 13.8. The molecule has 0 radical (unpaired) electrons. The van der Waals surface area contributed by atoms with Gasteiger partial charge in [-0.25, -0.2) is 0 Å². The summed E-state index contributed by atoms with van der Waals surface area (Å²) in [5.41, 5.74) is 15.2. The molecule has 3 aromatic carbocycles. The number of nitrogens with two attached hydrogens (primary N) is 2. The third-order valence-electron chi connectivity index (χ3n) is 7.41. The molecule has 0 bridgehead atoms. The number of hydrogen-bond acceptors (Lipinski definition) is 4. The topological polar surface area (TPSA) is 98.1 Å². The number of nitrogen functional groups attached to an aromatic ring is 1. The van der Waals surface area contributed by atoms with Crippen molar-refractivity contribution >= 4 is 17.3 Å². The van der Waals surface area contributed by atoms with E-state index in [1.807, 2.05) is 42.5 Å². The SMILES string of the molecule is CCc1c(C(F)(F)F)cc(C(=O)Nc2cccc(C(NCC3CC3)c3cccc(N)c3)c2)n1-c1cccc(CN)c1. The summed E-state index contributed by atoms with van der Waals surface area (Å²) < 4.78 is 43.6. The molecule has 1 fully saturated rings. The van der Waals surface area contributed by atoms with E-state index >= 15 is 0 Å². The zero-order chi connectivity index (χ0) is 29.1. The highest BCUT2D eigenvalue weighted by Gasteiger charge is 2.37. The van der Waals surface area contributed by atoms with Gasteiger partial charge in [0.05, 0.1) is 11.6 Å². The van der Waals surface area contributed by atoms with E-state index in [0.717, 1.165) is 29.3 Å². The minimum Gasteiger partial charge on any atom is -0.399 e. The van der Waals surface area contributed by atoms with Crippen molar-refractivity contribution in [2.24, 2.45) is 11.7 Å². The van der Waals surface area contributed by atoms with Crippen LogP contribution in [0.4, 0.5) is 24.5 Å². The number of aromatic nitrogens is 1. The minimum absolute atomic E-state index is 0.0107. The molecule has 4 aromatic rings. The van der Waals surface area contributed by atoms with E-state index in [-0.39, 0.29) is 30.4 Å². The van der Waals surface area contributed by atoms with Gasteiger partial charge in [0.2, 0.25) is 0 Å². The first-order chi connectivity index (χ1) is 19.7. The zero-order valence-corrected chi connectivity index (χ0v) is 22.8. The van der Waals surface area contributed by atoms with Crippen LogP contribution in [0.25, 0.3) is 5.69 Å². The Hall–Kier alpha value is -4.08. The van der Waals surface area contributed by atoms with Crippen molar-refractivity contribution in [3.63, 3.8) is 0 Å². The number of nitrogens with zero attached hydrogens (tertiary/aromatic N) is 1. The standard InChI is InChI=1S/C32H34F3N5O/c1-2-28-27(32(33,34)35)17-29(40(28)26-11-3-6-21(14-26)18-36)31(41)39-25-10-5-8-23(16-25)30(38-19-20-12-13-20)22-7-4-9-24(37)15-22/h3-11,14-17,20,30,38H,2,12-13,18-19,36-37H2,1H3,(H,39,41). The second kappa shape index (κ2) is 11.8. The molecule has 1 saturated carbocycles. The third kappa shape index (κ3) is 6.47. The van der Waals surface area contributed by atoms with Gasteiger partial charge in [-0.1, -0.05) is 43.3 Å². The predicted molar refractivity (Wildman–Crippen MR) is 156 cm³/mol. The van der Waals surface area contributed by atoms with Crippen LogP contribution in [-0.2, 0) is 19.1 Å². The number of nitrogens with one attached hydrogen (secondary N) is 2. The highest BCUT2D eigenvalue weighted by atomic mass is 19.4. The number of carbonyl (C=O) groups excluding carboxylic acids is 1. The molecule has 214 valence electrons. The molecule has 1 aromatic heterocycles. The first kappa shape index (κ1) is 28.4. The molecule has 1 unspecified atom stereocenters. The van der Waals surface area contributed by atoms with E-state index in [9.17, 15) is 18.0 Å². The van der Waals surface area contributed by atoms with Gasteiger partial charge in [0.1, 0.15) is 5.69 Å². The van der Waals surface area contributed by atoms with Gasteiger partial charge >= 0.3 is 6.18 Å². The summed E-state index contributed by atoms with van der Waals surface area (Å²) in [6.45, 7) is 2.72. The number of alkyl halides is 3. The molecule has 0 aliphatic heterocycles. The average molecular weight is 562 g/mol. The Morgan fingerprint density at radius 2 is 1.71 bits per heavy atom. The summed E-state index contributed by atoms with van der Waals surface area (Å²) in [6, 6.07) is 22.7. The van der Waals surface area contributed by atoms with Gasteiger partial charge < -0.3 is 26.7 Å². The molecule has 6 nitrogen and oxygen atoms in total. The molecular weight excluding hydrogens is 527 g/mol. The largest absolute Gasteiger partial charge is 0.418 e. The predicted octanol–water partition coefficient (Wildman–Crippen LogP) is 6.44. The van der Waals surface area contributed by atoms with Gasteiger partial charge in [-0.15, -0.1) is 0 Å². The maximum absolute atomic E-state index is 14.1. The summed E-state index contributed by atoms with van der Waals surface area (Å²) in [7, 11) is 0. The van der Waals surface area contributed by atoms with Gasteiger partial charge in [-0.2, -0.15) is 13.2 Å². The van der Waals surface area contributed by atoms with Crippen LogP contribution in [0.15, 0.2) is 78.9 Å². The lowest BCUT2D eigenvalue weighted by atomic mass is 9.97. The Balaban J connectivity index is 1.50. The van der Waals surface area contributed by atoms with E-state index < -0.39 is 17.6 Å². The van der Waals surface area contributed by atoms with Crippen LogP contribution in [0, 0.1) is 5.92 Å². The average Bonchev–Trinajstić information content (AvgIpc) is 3.69. The molecule has 1 heterocycles. The van der Waals surface area contributed by atoms with Crippen molar-refractivity contribution in [2.45, 2.75) is 44.9 Å². The minimum atomic E-state index is -4.62. The van der Waals surface area contributed by atoms with Crippen molar-refractivity contribution in [3.8, 4) is 5.69 Å². The lowest BCUT2D eigenvalue weighted by Gasteiger charge is -2.21. The van der Waals surface area contributed by atoms with Gasteiger partial charge in [-0.3, -0.25) is 4.79 Å². The van der Waals surface area contributed by atoms with Crippen molar-refractivity contribution < 1.29 is 18.0 Å². The van der Waals surface area contributed by atoms with Crippen molar-refractivity contribution in [2.75, 3.05) is 17.6 Å². The summed E-state index contributed by atoms with van der Waals surface area (Å²) >= 11 is 0. The van der Waals surface area contributed by atoms with Crippen LogP contribution >= 0.6 is 0 Å². The van der Waals surface area contributed by atoms with Gasteiger partial charge in [0, 0.05) is 29.3 Å².